The van der Waals surface area contributed by atoms with Gasteiger partial charge in [-0.2, -0.15) is 0 Å². The largest absolute Gasteiger partial charge is 0.483 e. The number of hydrogen-bond donors (Lipinski definition) is 0. The van der Waals surface area contributed by atoms with Crippen LogP contribution in [0, 0.1) is 0 Å². The molecule has 0 spiro atoms. The first-order valence-corrected chi connectivity index (χ1v) is 7.80. The Hall–Kier alpha value is -1.28. The Kier molecular flexibility index (Phi) is 3.37. The molecule has 0 unspecified atom stereocenters. The number of halogens is 1. The molecule has 2 aliphatic rings. The van der Waals surface area contributed by atoms with Crippen molar-refractivity contribution < 1.29 is 4.74 Å². The quantitative estimate of drug-likeness (QED) is 0.660. The van der Waals surface area contributed by atoms with E-state index >= 15 is 0 Å². The first kappa shape index (κ1) is 13.7. The van der Waals surface area contributed by atoms with E-state index in [2.05, 4.69) is 79.2 Å². The van der Waals surface area contributed by atoms with Crippen molar-refractivity contribution in [2.75, 3.05) is 0 Å². The topological polar surface area (TPSA) is 9.23 Å². The lowest BCUT2D eigenvalue weighted by atomic mass is 9.79. The van der Waals surface area contributed by atoms with Crippen LogP contribution in [-0.4, -0.2) is 5.60 Å². The molecule has 0 radical (unpaired) electrons. The van der Waals surface area contributed by atoms with Gasteiger partial charge in [0, 0.05) is 16.0 Å². The number of ether oxygens (including phenoxy) is 1. The van der Waals surface area contributed by atoms with Crippen LogP contribution in [0.3, 0.4) is 0 Å². The van der Waals surface area contributed by atoms with E-state index in [1.54, 1.807) is 0 Å². The molecule has 2 heteroatoms. The van der Waals surface area contributed by atoms with Crippen molar-refractivity contribution in [1.82, 2.24) is 0 Å². The van der Waals surface area contributed by atoms with Crippen molar-refractivity contribution in [2.24, 2.45) is 0 Å². The maximum absolute atomic E-state index is 6.13. The van der Waals surface area contributed by atoms with Crippen LogP contribution >= 0.6 is 15.9 Å². The number of allylic oxidation sites excluding steroid dienone is 4. The third-order valence-electron chi connectivity index (χ3n) is 3.87. The first-order valence-electron chi connectivity index (χ1n) is 7.01. The van der Waals surface area contributed by atoms with Crippen LogP contribution in [0.4, 0.5) is 0 Å². The molecule has 1 aliphatic carbocycles. The van der Waals surface area contributed by atoms with Gasteiger partial charge >= 0.3 is 0 Å². The van der Waals surface area contributed by atoms with Crippen LogP contribution in [0.1, 0.15) is 38.7 Å². The SMILES string of the molecule is CC1=CC(C)(C)OC2=C1[C@@H](c1cccc(Br)c1)CC=C2. The molecule has 0 saturated carbocycles. The third kappa shape index (κ3) is 2.49. The molecule has 1 heterocycles. The van der Waals surface area contributed by atoms with Gasteiger partial charge in [-0.3, -0.25) is 0 Å². The number of hydrogen-bond acceptors (Lipinski definition) is 1. The van der Waals surface area contributed by atoms with Gasteiger partial charge in [-0.1, -0.05) is 34.1 Å². The van der Waals surface area contributed by atoms with Gasteiger partial charge in [0.1, 0.15) is 11.4 Å². The minimum atomic E-state index is -0.216. The Morgan fingerprint density at radius 1 is 1.30 bits per heavy atom. The second-order valence-electron chi connectivity index (χ2n) is 6.06. The van der Waals surface area contributed by atoms with Crippen LogP contribution in [0.5, 0.6) is 0 Å². The molecule has 0 amide bonds. The molecule has 1 aromatic carbocycles. The lowest BCUT2D eigenvalue weighted by Crippen LogP contribution is -2.28. The molecule has 0 bridgehead atoms. The second-order valence-corrected chi connectivity index (χ2v) is 6.97. The van der Waals surface area contributed by atoms with Crippen LogP contribution in [0.25, 0.3) is 0 Å². The highest BCUT2D eigenvalue weighted by atomic mass is 79.9. The lowest BCUT2D eigenvalue weighted by molar-refractivity contribution is 0.0777. The highest BCUT2D eigenvalue weighted by Gasteiger charge is 2.31. The third-order valence-corrected chi connectivity index (χ3v) is 4.36. The summed E-state index contributed by atoms with van der Waals surface area (Å²) >= 11 is 3.57. The summed E-state index contributed by atoms with van der Waals surface area (Å²) in [4.78, 5) is 0. The van der Waals surface area contributed by atoms with E-state index in [1.165, 1.54) is 16.7 Å². The molecule has 3 rings (SSSR count). The van der Waals surface area contributed by atoms with Crippen molar-refractivity contribution in [3.8, 4) is 0 Å². The van der Waals surface area contributed by atoms with Crippen molar-refractivity contribution in [1.29, 1.82) is 0 Å². The monoisotopic (exact) mass is 330 g/mol. The standard InChI is InChI=1S/C18H19BrO/c1-12-11-18(2,3)20-16-9-5-8-15(17(12)16)13-6-4-7-14(19)10-13/h4-7,9-11,15H,8H2,1-3H3/t15-/m1/s1. The molecule has 104 valence electrons. The summed E-state index contributed by atoms with van der Waals surface area (Å²) in [5.74, 6) is 1.42. The predicted molar refractivity (Wildman–Crippen MR) is 86.6 cm³/mol. The first-order chi connectivity index (χ1) is 9.46. The Morgan fingerprint density at radius 3 is 2.85 bits per heavy atom. The minimum Gasteiger partial charge on any atom is -0.483 e. The van der Waals surface area contributed by atoms with Gasteiger partial charge in [-0.15, -0.1) is 0 Å². The molecule has 20 heavy (non-hydrogen) atoms. The number of rotatable bonds is 1. The molecule has 1 nitrogen and oxygen atoms in total. The zero-order valence-corrected chi connectivity index (χ0v) is 13.7. The van der Waals surface area contributed by atoms with Crippen LogP contribution < -0.4 is 0 Å². The van der Waals surface area contributed by atoms with E-state index in [9.17, 15) is 0 Å². The molecule has 0 fully saturated rings. The van der Waals surface area contributed by atoms with Crippen molar-refractivity contribution in [2.45, 2.75) is 38.7 Å². The van der Waals surface area contributed by atoms with Gasteiger partial charge in [0.2, 0.25) is 0 Å². The predicted octanol–water partition coefficient (Wildman–Crippen LogP) is 5.50. The zero-order chi connectivity index (χ0) is 14.3. The average molecular weight is 331 g/mol. The summed E-state index contributed by atoms with van der Waals surface area (Å²) in [5.41, 5.74) is 3.80. The van der Waals surface area contributed by atoms with Gasteiger partial charge < -0.3 is 4.74 Å². The van der Waals surface area contributed by atoms with Crippen LogP contribution in [0.2, 0.25) is 0 Å². The van der Waals surface area contributed by atoms with E-state index in [1.807, 2.05) is 0 Å². The van der Waals surface area contributed by atoms with E-state index in [4.69, 9.17) is 4.74 Å². The minimum absolute atomic E-state index is 0.216. The molecule has 0 aromatic heterocycles. The Bertz CT molecular complexity index is 635. The fourth-order valence-electron chi connectivity index (χ4n) is 3.19. The Labute approximate surface area is 129 Å². The van der Waals surface area contributed by atoms with Crippen molar-refractivity contribution in [3.63, 3.8) is 0 Å². The summed E-state index contributed by atoms with van der Waals surface area (Å²) in [5, 5.41) is 0. The van der Waals surface area contributed by atoms with Gasteiger partial charge in [0.15, 0.2) is 0 Å². The Morgan fingerprint density at radius 2 is 2.10 bits per heavy atom. The summed E-state index contributed by atoms with van der Waals surface area (Å²) in [7, 11) is 0. The smallest absolute Gasteiger partial charge is 0.124 e. The van der Waals surface area contributed by atoms with E-state index < -0.39 is 0 Å². The number of benzene rings is 1. The molecule has 0 saturated heterocycles. The molecule has 1 atom stereocenters. The molecular weight excluding hydrogens is 312 g/mol. The summed E-state index contributed by atoms with van der Waals surface area (Å²) in [6.45, 7) is 6.41. The fourth-order valence-corrected chi connectivity index (χ4v) is 3.60. The summed E-state index contributed by atoms with van der Waals surface area (Å²) in [6.07, 6.45) is 7.61. The average Bonchev–Trinajstić information content (AvgIpc) is 2.36. The van der Waals surface area contributed by atoms with Gasteiger partial charge in [0.05, 0.1) is 0 Å². The molecular formula is C18H19BrO. The Balaban J connectivity index is 2.06. The maximum atomic E-state index is 6.13. The second kappa shape index (κ2) is 4.92. The van der Waals surface area contributed by atoms with Crippen LogP contribution in [0.15, 0.2) is 63.9 Å². The normalized spacial score (nSPS) is 24.0. The highest BCUT2D eigenvalue weighted by Crippen LogP contribution is 2.43. The van der Waals surface area contributed by atoms with Gasteiger partial charge in [-0.25, -0.2) is 0 Å². The van der Waals surface area contributed by atoms with Crippen molar-refractivity contribution in [3.05, 3.63) is 69.4 Å². The zero-order valence-electron chi connectivity index (χ0n) is 12.1. The summed E-state index contributed by atoms with van der Waals surface area (Å²) < 4.78 is 7.26. The van der Waals surface area contributed by atoms with Crippen molar-refractivity contribution >= 4 is 15.9 Å². The van der Waals surface area contributed by atoms with E-state index in [0.717, 1.165) is 16.7 Å². The van der Waals surface area contributed by atoms with Gasteiger partial charge in [0.25, 0.3) is 0 Å². The van der Waals surface area contributed by atoms with Gasteiger partial charge in [-0.05, 0) is 62.6 Å². The molecule has 1 aromatic rings. The van der Waals surface area contributed by atoms with Crippen LogP contribution in [-0.2, 0) is 4.74 Å². The molecule has 1 aliphatic heterocycles. The lowest BCUT2D eigenvalue weighted by Gasteiger charge is -2.36. The van der Waals surface area contributed by atoms with E-state index in [0.29, 0.717) is 5.92 Å². The maximum Gasteiger partial charge on any atom is 0.124 e. The highest BCUT2D eigenvalue weighted by molar-refractivity contribution is 9.10. The molecule has 0 N–H and O–H groups in total. The van der Waals surface area contributed by atoms with E-state index in [-0.39, 0.29) is 5.60 Å². The fraction of sp³-hybridized carbons (Fsp3) is 0.333. The summed E-state index contributed by atoms with van der Waals surface area (Å²) in [6, 6.07) is 8.58.